The standard InChI is InChI=1S/C17H27N3.HI/c1-14-7-6-8-15(13-14)11-12-19-17(18)20-16-9-4-2-3-5-10-16;/h6-8,13,16H,2-5,9-12H2,1H3,(H3,18,19,20);1H. The number of nitrogens with zero attached hydrogens (tertiary/aromatic N) is 1. The van der Waals surface area contributed by atoms with Gasteiger partial charge >= 0.3 is 0 Å². The van der Waals surface area contributed by atoms with Gasteiger partial charge in [0, 0.05) is 12.6 Å². The number of aliphatic imine (C=N–C) groups is 1. The van der Waals surface area contributed by atoms with Crippen molar-refractivity contribution in [2.24, 2.45) is 10.7 Å². The Morgan fingerprint density at radius 3 is 2.62 bits per heavy atom. The summed E-state index contributed by atoms with van der Waals surface area (Å²) >= 11 is 0. The summed E-state index contributed by atoms with van der Waals surface area (Å²) in [4.78, 5) is 4.46. The molecule has 0 aromatic heterocycles. The Hall–Kier alpha value is -0.780. The highest BCUT2D eigenvalue weighted by Crippen LogP contribution is 2.16. The topological polar surface area (TPSA) is 50.4 Å². The largest absolute Gasteiger partial charge is 0.370 e. The van der Waals surface area contributed by atoms with Crippen LogP contribution in [0.1, 0.15) is 49.7 Å². The Labute approximate surface area is 145 Å². The molecule has 1 aliphatic carbocycles. The molecule has 0 spiro atoms. The predicted octanol–water partition coefficient (Wildman–Crippen LogP) is 3.78. The number of nitrogens with one attached hydrogen (secondary N) is 1. The van der Waals surface area contributed by atoms with Crippen LogP contribution < -0.4 is 11.1 Å². The van der Waals surface area contributed by atoms with Gasteiger partial charge in [0.1, 0.15) is 0 Å². The van der Waals surface area contributed by atoms with Crippen molar-refractivity contribution in [1.82, 2.24) is 5.32 Å². The van der Waals surface area contributed by atoms with Crippen LogP contribution in [0.5, 0.6) is 0 Å². The second kappa shape index (κ2) is 10.0. The first-order valence-corrected chi connectivity index (χ1v) is 7.86. The number of halogens is 1. The van der Waals surface area contributed by atoms with E-state index in [0.29, 0.717) is 12.0 Å². The third kappa shape index (κ3) is 7.16. The summed E-state index contributed by atoms with van der Waals surface area (Å²) in [6, 6.07) is 9.11. The van der Waals surface area contributed by atoms with Crippen LogP contribution in [0, 0.1) is 6.92 Å². The van der Waals surface area contributed by atoms with E-state index in [1.165, 1.54) is 49.7 Å². The van der Waals surface area contributed by atoms with Crippen LogP contribution in [0.15, 0.2) is 29.3 Å². The lowest BCUT2D eigenvalue weighted by molar-refractivity contribution is 0.530. The molecule has 0 unspecified atom stereocenters. The van der Waals surface area contributed by atoms with Gasteiger partial charge in [-0.1, -0.05) is 55.5 Å². The van der Waals surface area contributed by atoms with E-state index < -0.39 is 0 Å². The summed E-state index contributed by atoms with van der Waals surface area (Å²) in [7, 11) is 0. The maximum Gasteiger partial charge on any atom is 0.188 e. The fourth-order valence-corrected chi connectivity index (χ4v) is 2.85. The van der Waals surface area contributed by atoms with E-state index in [4.69, 9.17) is 5.73 Å². The Kier molecular flexibility index (Phi) is 8.73. The number of benzene rings is 1. The van der Waals surface area contributed by atoms with Crippen LogP contribution in [0.25, 0.3) is 0 Å². The Bertz CT molecular complexity index is 437. The maximum absolute atomic E-state index is 5.99. The molecule has 2 rings (SSSR count). The first-order valence-electron chi connectivity index (χ1n) is 7.86. The van der Waals surface area contributed by atoms with Gasteiger partial charge in [-0.05, 0) is 31.7 Å². The van der Waals surface area contributed by atoms with Gasteiger partial charge in [-0.3, -0.25) is 4.99 Å². The molecule has 1 aromatic rings. The molecule has 118 valence electrons. The van der Waals surface area contributed by atoms with Crippen molar-refractivity contribution in [3.8, 4) is 0 Å². The third-order valence-electron chi connectivity index (χ3n) is 3.97. The van der Waals surface area contributed by atoms with Crippen LogP contribution in [0.2, 0.25) is 0 Å². The van der Waals surface area contributed by atoms with E-state index >= 15 is 0 Å². The molecular formula is C17H28IN3. The fourth-order valence-electron chi connectivity index (χ4n) is 2.85. The number of hydrogen-bond donors (Lipinski definition) is 2. The van der Waals surface area contributed by atoms with Gasteiger partial charge < -0.3 is 11.1 Å². The summed E-state index contributed by atoms with van der Waals surface area (Å²) in [6.45, 7) is 2.88. The van der Waals surface area contributed by atoms with Crippen molar-refractivity contribution in [3.05, 3.63) is 35.4 Å². The highest BCUT2D eigenvalue weighted by Gasteiger charge is 2.11. The van der Waals surface area contributed by atoms with Gasteiger partial charge in [0.05, 0.1) is 0 Å². The number of hydrogen-bond acceptors (Lipinski definition) is 1. The number of rotatable bonds is 4. The average molecular weight is 401 g/mol. The molecule has 0 radical (unpaired) electrons. The average Bonchev–Trinajstić information content (AvgIpc) is 2.67. The highest BCUT2D eigenvalue weighted by atomic mass is 127. The number of guanidine groups is 1. The molecular weight excluding hydrogens is 373 g/mol. The third-order valence-corrected chi connectivity index (χ3v) is 3.97. The molecule has 1 saturated carbocycles. The smallest absolute Gasteiger partial charge is 0.188 e. The SMILES string of the molecule is Cc1cccc(CCN=C(N)NC2CCCCCC2)c1.I. The second-order valence-electron chi connectivity index (χ2n) is 5.84. The van der Waals surface area contributed by atoms with Crippen LogP contribution in [0.4, 0.5) is 0 Å². The second-order valence-corrected chi connectivity index (χ2v) is 5.84. The molecule has 3 nitrogen and oxygen atoms in total. The molecule has 3 N–H and O–H groups in total. The zero-order valence-electron chi connectivity index (χ0n) is 13.0. The summed E-state index contributed by atoms with van der Waals surface area (Å²) < 4.78 is 0. The quantitative estimate of drug-likeness (QED) is 0.349. The molecule has 0 amide bonds. The van der Waals surface area contributed by atoms with Crippen LogP contribution in [0.3, 0.4) is 0 Å². The van der Waals surface area contributed by atoms with Crippen LogP contribution >= 0.6 is 24.0 Å². The molecule has 4 heteroatoms. The highest BCUT2D eigenvalue weighted by molar-refractivity contribution is 14.0. The fraction of sp³-hybridized carbons (Fsp3) is 0.588. The Morgan fingerprint density at radius 1 is 1.24 bits per heavy atom. The van der Waals surface area contributed by atoms with Gasteiger partial charge in [-0.15, -0.1) is 24.0 Å². The van der Waals surface area contributed by atoms with E-state index in [2.05, 4.69) is 41.5 Å². The lowest BCUT2D eigenvalue weighted by atomic mass is 10.1. The summed E-state index contributed by atoms with van der Waals surface area (Å²) in [6.07, 6.45) is 8.77. The molecule has 1 fully saturated rings. The predicted molar refractivity (Wildman–Crippen MR) is 101 cm³/mol. The number of aryl methyl sites for hydroxylation is 1. The normalized spacial score (nSPS) is 16.9. The minimum Gasteiger partial charge on any atom is -0.370 e. The van der Waals surface area contributed by atoms with E-state index in [0.717, 1.165) is 13.0 Å². The van der Waals surface area contributed by atoms with Crippen LogP contribution in [-0.4, -0.2) is 18.5 Å². The first kappa shape index (κ1) is 18.3. The molecule has 1 aliphatic rings. The molecule has 0 aliphatic heterocycles. The van der Waals surface area contributed by atoms with Crippen molar-refractivity contribution >= 4 is 29.9 Å². The zero-order valence-corrected chi connectivity index (χ0v) is 15.3. The van der Waals surface area contributed by atoms with Crippen LogP contribution in [-0.2, 0) is 6.42 Å². The van der Waals surface area contributed by atoms with Crippen molar-refractivity contribution in [3.63, 3.8) is 0 Å². The lowest BCUT2D eigenvalue weighted by Crippen LogP contribution is -2.40. The lowest BCUT2D eigenvalue weighted by Gasteiger charge is -2.16. The van der Waals surface area contributed by atoms with Gasteiger partial charge in [0.2, 0.25) is 0 Å². The van der Waals surface area contributed by atoms with Gasteiger partial charge in [0.25, 0.3) is 0 Å². The van der Waals surface area contributed by atoms with Crippen molar-refractivity contribution < 1.29 is 0 Å². The molecule has 0 atom stereocenters. The molecule has 0 heterocycles. The van der Waals surface area contributed by atoms with Gasteiger partial charge in [0.15, 0.2) is 5.96 Å². The minimum atomic E-state index is 0. The summed E-state index contributed by atoms with van der Waals surface area (Å²) in [5.41, 5.74) is 8.62. The Morgan fingerprint density at radius 2 is 1.95 bits per heavy atom. The summed E-state index contributed by atoms with van der Waals surface area (Å²) in [5.74, 6) is 0.615. The van der Waals surface area contributed by atoms with E-state index in [-0.39, 0.29) is 24.0 Å². The van der Waals surface area contributed by atoms with Crippen molar-refractivity contribution in [1.29, 1.82) is 0 Å². The molecule has 0 saturated heterocycles. The van der Waals surface area contributed by atoms with E-state index in [1.807, 2.05) is 0 Å². The first-order chi connectivity index (χ1) is 9.74. The zero-order chi connectivity index (χ0) is 14.2. The minimum absolute atomic E-state index is 0. The number of nitrogens with two attached hydrogens (primary N) is 1. The molecule has 0 bridgehead atoms. The van der Waals surface area contributed by atoms with E-state index in [1.54, 1.807) is 0 Å². The maximum atomic E-state index is 5.99. The van der Waals surface area contributed by atoms with Gasteiger partial charge in [-0.2, -0.15) is 0 Å². The van der Waals surface area contributed by atoms with Crippen molar-refractivity contribution in [2.45, 2.75) is 57.9 Å². The van der Waals surface area contributed by atoms with Gasteiger partial charge in [-0.25, -0.2) is 0 Å². The monoisotopic (exact) mass is 401 g/mol. The molecule has 21 heavy (non-hydrogen) atoms. The van der Waals surface area contributed by atoms with Crippen molar-refractivity contribution in [2.75, 3.05) is 6.54 Å². The summed E-state index contributed by atoms with van der Waals surface area (Å²) in [5, 5.41) is 3.38. The Balaban J connectivity index is 0.00000220. The molecule has 1 aromatic carbocycles. The van der Waals surface area contributed by atoms with E-state index in [9.17, 15) is 0 Å².